The molecular weight excluding hydrogens is 334 g/mol. The van der Waals surface area contributed by atoms with Crippen molar-refractivity contribution in [2.24, 2.45) is 4.99 Å². The molecule has 0 atom stereocenters. The molecule has 5 heteroatoms. The zero-order valence-electron chi connectivity index (χ0n) is 16.8. The molecule has 0 saturated carbocycles. The zero-order valence-corrected chi connectivity index (χ0v) is 16.8. The summed E-state index contributed by atoms with van der Waals surface area (Å²) in [7, 11) is 1.87. The molecule has 1 aromatic carbocycles. The van der Waals surface area contributed by atoms with Crippen molar-refractivity contribution in [1.82, 2.24) is 20.1 Å². The number of aromatic nitrogens is 1. The van der Waals surface area contributed by atoms with Crippen molar-refractivity contribution < 1.29 is 0 Å². The van der Waals surface area contributed by atoms with E-state index < -0.39 is 0 Å². The van der Waals surface area contributed by atoms with Gasteiger partial charge in [0.15, 0.2) is 5.96 Å². The largest absolute Gasteiger partial charge is 0.356 e. The van der Waals surface area contributed by atoms with Crippen LogP contribution < -0.4 is 5.32 Å². The van der Waals surface area contributed by atoms with E-state index >= 15 is 0 Å². The van der Waals surface area contributed by atoms with Crippen LogP contribution >= 0.6 is 0 Å². The second-order valence-electron chi connectivity index (χ2n) is 7.28. The van der Waals surface area contributed by atoms with Gasteiger partial charge in [-0.1, -0.05) is 35.9 Å². The Morgan fingerprint density at radius 1 is 1.07 bits per heavy atom. The Hall–Kier alpha value is -2.40. The molecule has 0 spiro atoms. The van der Waals surface area contributed by atoms with E-state index in [-0.39, 0.29) is 0 Å². The van der Waals surface area contributed by atoms with Crippen LogP contribution in [-0.4, -0.2) is 60.5 Å². The number of aryl methyl sites for hydroxylation is 2. The van der Waals surface area contributed by atoms with Gasteiger partial charge in [-0.2, -0.15) is 0 Å². The molecule has 5 nitrogen and oxygen atoms in total. The van der Waals surface area contributed by atoms with Crippen molar-refractivity contribution in [3.05, 3.63) is 65.0 Å². The first kappa shape index (κ1) is 19.4. The molecule has 1 saturated heterocycles. The van der Waals surface area contributed by atoms with Gasteiger partial charge in [-0.3, -0.25) is 14.9 Å². The second kappa shape index (κ2) is 9.51. The molecule has 0 bridgehead atoms. The number of pyridine rings is 1. The number of hydrogen-bond acceptors (Lipinski definition) is 3. The third kappa shape index (κ3) is 5.79. The minimum atomic E-state index is 0.876. The molecule has 1 N–H and O–H groups in total. The highest BCUT2D eigenvalue weighted by Crippen LogP contribution is 2.10. The third-order valence-corrected chi connectivity index (χ3v) is 5.04. The van der Waals surface area contributed by atoms with Gasteiger partial charge in [0.05, 0.1) is 0 Å². The average Bonchev–Trinajstić information content (AvgIpc) is 2.68. The lowest BCUT2D eigenvalue weighted by atomic mass is 10.1. The van der Waals surface area contributed by atoms with Gasteiger partial charge in [0.1, 0.15) is 0 Å². The molecule has 3 rings (SSSR count). The van der Waals surface area contributed by atoms with Gasteiger partial charge < -0.3 is 10.2 Å². The van der Waals surface area contributed by atoms with Gasteiger partial charge in [-0.05, 0) is 37.5 Å². The van der Waals surface area contributed by atoms with Crippen molar-refractivity contribution in [1.29, 1.82) is 0 Å². The molecule has 1 fully saturated rings. The number of rotatable bonds is 5. The van der Waals surface area contributed by atoms with E-state index in [1.54, 1.807) is 0 Å². The molecule has 0 aliphatic carbocycles. The number of nitrogens with one attached hydrogen (secondary N) is 1. The van der Waals surface area contributed by atoms with E-state index in [1.807, 2.05) is 20.2 Å². The van der Waals surface area contributed by atoms with Crippen LogP contribution in [0.4, 0.5) is 0 Å². The third-order valence-electron chi connectivity index (χ3n) is 5.04. The molecule has 1 aliphatic heterocycles. The monoisotopic (exact) mass is 365 g/mol. The van der Waals surface area contributed by atoms with Crippen molar-refractivity contribution in [3.63, 3.8) is 0 Å². The van der Waals surface area contributed by atoms with Crippen LogP contribution in [0.15, 0.2) is 47.6 Å². The van der Waals surface area contributed by atoms with E-state index in [2.05, 4.69) is 68.4 Å². The van der Waals surface area contributed by atoms with Crippen molar-refractivity contribution in [2.45, 2.75) is 26.8 Å². The van der Waals surface area contributed by atoms with Crippen LogP contribution in [0.25, 0.3) is 0 Å². The van der Waals surface area contributed by atoms with Gasteiger partial charge >= 0.3 is 0 Å². The summed E-state index contributed by atoms with van der Waals surface area (Å²) in [4.78, 5) is 13.7. The summed E-state index contributed by atoms with van der Waals surface area (Å²) in [5.74, 6) is 1.00. The average molecular weight is 366 g/mol. The summed E-state index contributed by atoms with van der Waals surface area (Å²) < 4.78 is 0. The fraction of sp³-hybridized carbons (Fsp3) is 0.455. The number of guanidine groups is 1. The predicted molar refractivity (Wildman–Crippen MR) is 112 cm³/mol. The molecule has 0 radical (unpaired) electrons. The number of hydrogen-bond donors (Lipinski definition) is 1. The Morgan fingerprint density at radius 2 is 1.89 bits per heavy atom. The lowest BCUT2D eigenvalue weighted by Crippen LogP contribution is -2.52. The van der Waals surface area contributed by atoms with Gasteiger partial charge in [-0.25, -0.2) is 0 Å². The van der Waals surface area contributed by atoms with Gasteiger partial charge in [0, 0.05) is 58.2 Å². The fourth-order valence-electron chi connectivity index (χ4n) is 3.48. The summed E-state index contributed by atoms with van der Waals surface area (Å²) in [5.41, 5.74) is 5.05. The van der Waals surface area contributed by atoms with E-state index in [1.165, 1.54) is 16.7 Å². The predicted octanol–water partition coefficient (Wildman–Crippen LogP) is 2.63. The molecule has 1 aliphatic rings. The Labute approximate surface area is 163 Å². The van der Waals surface area contributed by atoms with Crippen LogP contribution in [-0.2, 0) is 13.0 Å². The molecule has 1 aromatic heterocycles. The fourth-order valence-corrected chi connectivity index (χ4v) is 3.48. The summed E-state index contributed by atoms with van der Waals surface area (Å²) >= 11 is 0. The van der Waals surface area contributed by atoms with E-state index in [0.717, 1.165) is 57.3 Å². The van der Waals surface area contributed by atoms with Crippen molar-refractivity contribution in [2.75, 3.05) is 39.8 Å². The second-order valence-corrected chi connectivity index (χ2v) is 7.28. The minimum absolute atomic E-state index is 0.876. The summed E-state index contributed by atoms with van der Waals surface area (Å²) in [6.07, 6.45) is 2.92. The molecular formula is C22H31N5. The first-order valence-electron chi connectivity index (χ1n) is 9.79. The molecule has 144 valence electrons. The number of nitrogens with zero attached hydrogens (tertiary/aromatic N) is 4. The first-order chi connectivity index (χ1) is 13.1. The first-order valence-corrected chi connectivity index (χ1v) is 9.79. The standard InChI is InChI=1S/C22H31N5/c1-18-5-4-6-21(15-18)17-26-11-13-27(14-12-26)22(23-3)24-10-9-20-8-7-19(2)25-16-20/h4-8,15-16H,9-14,17H2,1-3H3,(H,23,24). The van der Waals surface area contributed by atoms with Crippen LogP contribution in [0, 0.1) is 13.8 Å². The minimum Gasteiger partial charge on any atom is -0.356 e. The smallest absolute Gasteiger partial charge is 0.193 e. The van der Waals surface area contributed by atoms with E-state index in [4.69, 9.17) is 0 Å². The van der Waals surface area contributed by atoms with Gasteiger partial charge in [0.25, 0.3) is 0 Å². The lowest BCUT2D eigenvalue weighted by Gasteiger charge is -2.36. The van der Waals surface area contributed by atoms with Crippen molar-refractivity contribution >= 4 is 5.96 Å². The maximum absolute atomic E-state index is 4.47. The molecule has 27 heavy (non-hydrogen) atoms. The van der Waals surface area contributed by atoms with Crippen LogP contribution in [0.3, 0.4) is 0 Å². The molecule has 2 aromatic rings. The normalized spacial score (nSPS) is 15.8. The van der Waals surface area contributed by atoms with Crippen LogP contribution in [0.1, 0.15) is 22.4 Å². The van der Waals surface area contributed by atoms with Gasteiger partial charge in [-0.15, -0.1) is 0 Å². The SMILES string of the molecule is CN=C(NCCc1ccc(C)nc1)N1CCN(Cc2cccc(C)c2)CC1. The Balaban J connectivity index is 1.43. The lowest BCUT2D eigenvalue weighted by molar-refractivity contribution is 0.172. The Morgan fingerprint density at radius 3 is 2.56 bits per heavy atom. The van der Waals surface area contributed by atoms with Crippen LogP contribution in [0.2, 0.25) is 0 Å². The summed E-state index contributed by atoms with van der Waals surface area (Å²) in [6, 6.07) is 13.0. The number of aliphatic imine (C=N–C) groups is 1. The Kier molecular flexibility index (Phi) is 6.82. The maximum Gasteiger partial charge on any atom is 0.193 e. The Bertz CT molecular complexity index is 746. The van der Waals surface area contributed by atoms with E-state index in [9.17, 15) is 0 Å². The number of piperazine rings is 1. The molecule has 2 heterocycles. The maximum atomic E-state index is 4.47. The molecule has 0 unspecified atom stereocenters. The van der Waals surface area contributed by atoms with Crippen LogP contribution in [0.5, 0.6) is 0 Å². The summed E-state index contributed by atoms with van der Waals surface area (Å²) in [6.45, 7) is 10.2. The quantitative estimate of drug-likeness (QED) is 0.653. The number of benzene rings is 1. The highest BCUT2D eigenvalue weighted by Gasteiger charge is 2.19. The highest BCUT2D eigenvalue weighted by molar-refractivity contribution is 5.80. The molecule has 0 amide bonds. The van der Waals surface area contributed by atoms with Crippen molar-refractivity contribution in [3.8, 4) is 0 Å². The topological polar surface area (TPSA) is 43.8 Å². The van der Waals surface area contributed by atoms with E-state index in [0.29, 0.717) is 0 Å². The summed E-state index contributed by atoms with van der Waals surface area (Å²) in [5, 5.41) is 3.50. The zero-order chi connectivity index (χ0) is 19.1. The van der Waals surface area contributed by atoms with Gasteiger partial charge in [0.2, 0.25) is 0 Å². The highest BCUT2D eigenvalue weighted by atomic mass is 15.3.